The van der Waals surface area contributed by atoms with Gasteiger partial charge in [-0.15, -0.1) is 0 Å². The van der Waals surface area contributed by atoms with Gasteiger partial charge in [0, 0.05) is 44.0 Å². The first kappa shape index (κ1) is 27.0. The molecule has 41 heavy (non-hydrogen) atoms. The van der Waals surface area contributed by atoms with Crippen molar-refractivity contribution < 1.29 is 32.2 Å². The lowest BCUT2D eigenvalue weighted by Gasteiger charge is -2.47. The van der Waals surface area contributed by atoms with Gasteiger partial charge in [-0.1, -0.05) is 30.3 Å². The molecule has 0 unspecified atom stereocenters. The molecule has 0 bridgehead atoms. The molecule has 0 spiro atoms. The number of ether oxygens (including phenoxy) is 2. The second kappa shape index (κ2) is 10.3. The SMILES string of the molecule is COc1cc2c(cc1OC)[C@@H](C(=O)N1CCN(c3cccc(C(F)(F)F)c3)CC1)[C@H]1c3ccccc3CCN1C2=O. The van der Waals surface area contributed by atoms with E-state index in [4.69, 9.17) is 9.47 Å². The van der Waals surface area contributed by atoms with Crippen LogP contribution in [0.4, 0.5) is 18.9 Å². The Balaban J connectivity index is 1.35. The normalized spacial score (nSPS) is 20.2. The largest absolute Gasteiger partial charge is 0.493 e. The van der Waals surface area contributed by atoms with E-state index < -0.39 is 23.7 Å². The molecule has 2 amide bonds. The highest BCUT2D eigenvalue weighted by atomic mass is 19.4. The van der Waals surface area contributed by atoms with E-state index in [1.165, 1.54) is 20.3 Å². The van der Waals surface area contributed by atoms with E-state index in [0.29, 0.717) is 67.5 Å². The molecular weight excluding hydrogens is 535 g/mol. The highest BCUT2D eigenvalue weighted by Crippen LogP contribution is 2.49. The van der Waals surface area contributed by atoms with Gasteiger partial charge in [0.2, 0.25) is 5.91 Å². The van der Waals surface area contributed by atoms with E-state index in [0.717, 1.165) is 23.3 Å². The summed E-state index contributed by atoms with van der Waals surface area (Å²) in [5.74, 6) is -0.107. The van der Waals surface area contributed by atoms with Crippen LogP contribution in [0.5, 0.6) is 11.5 Å². The van der Waals surface area contributed by atoms with E-state index in [2.05, 4.69) is 0 Å². The summed E-state index contributed by atoms with van der Waals surface area (Å²) in [6.07, 6.45) is -3.73. The van der Waals surface area contributed by atoms with Crippen LogP contribution in [0, 0.1) is 0 Å². The zero-order valence-electron chi connectivity index (χ0n) is 22.8. The summed E-state index contributed by atoms with van der Waals surface area (Å²) >= 11 is 0. The van der Waals surface area contributed by atoms with Gasteiger partial charge in [0.15, 0.2) is 11.5 Å². The fourth-order valence-corrected chi connectivity index (χ4v) is 6.38. The summed E-state index contributed by atoms with van der Waals surface area (Å²) in [6, 6.07) is 16.1. The first-order valence-corrected chi connectivity index (χ1v) is 13.6. The standard InChI is InChI=1S/C31H30F3N3O4/c1-40-25-17-23-24(18-26(25)41-2)29(38)37-11-10-19-6-3-4-9-22(19)28(37)27(23)30(39)36-14-12-35(13-15-36)21-8-5-7-20(16-21)31(32,33)34/h3-9,16-18,27-28H,10-15H2,1-2H3/t27-,28-/m1/s1. The summed E-state index contributed by atoms with van der Waals surface area (Å²) in [6.45, 7) is 1.96. The van der Waals surface area contributed by atoms with Crippen molar-refractivity contribution in [3.8, 4) is 11.5 Å². The number of halogens is 3. The highest BCUT2D eigenvalue weighted by molar-refractivity contribution is 6.02. The van der Waals surface area contributed by atoms with E-state index in [9.17, 15) is 22.8 Å². The van der Waals surface area contributed by atoms with Crippen LogP contribution in [0.15, 0.2) is 60.7 Å². The van der Waals surface area contributed by atoms with E-state index >= 15 is 0 Å². The number of fused-ring (bicyclic) bond motifs is 4. The Labute approximate surface area is 236 Å². The average Bonchev–Trinajstić information content (AvgIpc) is 3.00. The molecule has 0 N–H and O–H groups in total. The zero-order chi connectivity index (χ0) is 28.9. The van der Waals surface area contributed by atoms with Gasteiger partial charge in [0.1, 0.15) is 0 Å². The number of alkyl halides is 3. The molecule has 214 valence electrons. The van der Waals surface area contributed by atoms with Crippen LogP contribution in [0.2, 0.25) is 0 Å². The molecule has 6 rings (SSSR count). The molecule has 3 aliphatic heterocycles. The third-order valence-corrected chi connectivity index (χ3v) is 8.43. The topological polar surface area (TPSA) is 62.3 Å². The number of carbonyl (C=O) groups excluding carboxylic acids is 2. The van der Waals surface area contributed by atoms with Crippen molar-refractivity contribution in [2.45, 2.75) is 24.6 Å². The van der Waals surface area contributed by atoms with Gasteiger partial charge < -0.3 is 24.2 Å². The molecule has 2 atom stereocenters. The van der Waals surface area contributed by atoms with Crippen molar-refractivity contribution in [3.63, 3.8) is 0 Å². The zero-order valence-corrected chi connectivity index (χ0v) is 22.8. The molecule has 3 heterocycles. The van der Waals surface area contributed by atoms with Crippen LogP contribution in [-0.4, -0.2) is 68.6 Å². The number of hydrogen-bond donors (Lipinski definition) is 0. The van der Waals surface area contributed by atoms with Gasteiger partial charge in [-0.2, -0.15) is 13.2 Å². The molecule has 0 saturated carbocycles. The van der Waals surface area contributed by atoms with Crippen LogP contribution in [0.3, 0.4) is 0 Å². The maximum Gasteiger partial charge on any atom is 0.416 e. The minimum Gasteiger partial charge on any atom is -0.493 e. The molecule has 1 saturated heterocycles. The van der Waals surface area contributed by atoms with Crippen molar-refractivity contribution in [2.75, 3.05) is 51.8 Å². The van der Waals surface area contributed by atoms with Gasteiger partial charge in [-0.25, -0.2) is 0 Å². The first-order chi connectivity index (χ1) is 19.7. The van der Waals surface area contributed by atoms with Crippen LogP contribution >= 0.6 is 0 Å². The molecule has 1 fully saturated rings. The molecule has 0 aromatic heterocycles. The second-order valence-electron chi connectivity index (χ2n) is 10.5. The summed E-state index contributed by atoms with van der Waals surface area (Å²) in [7, 11) is 3.02. The lowest BCUT2D eigenvalue weighted by molar-refractivity contribution is -0.137. The van der Waals surface area contributed by atoms with Gasteiger partial charge in [-0.3, -0.25) is 9.59 Å². The number of benzene rings is 3. The smallest absolute Gasteiger partial charge is 0.416 e. The summed E-state index contributed by atoms with van der Waals surface area (Å²) < 4.78 is 50.9. The predicted octanol–water partition coefficient (Wildman–Crippen LogP) is 4.91. The lowest BCUT2D eigenvalue weighted by atomic mass is 9.75. The Bertz CT molecular complexity index is 1500. The fraction of sp³-hybridized carbons (Fsp3) is 0.355. The van der Waals surface area contributed by atoms with Crippen molar-refractivity contribution in [1.29, 1.82) is 0 Å². The predicted molar refractivity (Wildman–Crippen MR) is 146 cm³/mol. The summed E-state index contributed by atoms with van der Waals surface area (Å²) in [5.41, 5.74) is 2.85. The van der Waals surface area contributed by atoms with Crippen molar-refractivity contribution in [2.24, 2.45) is 0 Å². The van der Waals surface area contributed by atoms with Crippen LogP contribution < -0.4 is 14.4 Å². The number of carbonyl (C=O) groups is 2. The Morgan fingerprint density at radius 3 is 2.27 bits per heavy atom. The summed E-state index contributed by atoms with van der Waals surface area (Å²) in [5, 5.41) is 0. The number of hydrogen-bond acceptors (Lipinski definition) is 5. The molecule has 3 aromatic carbocycles. The Morgan fingerprint density at radius 1 is 0.854 bits per heavy atom. The average molecular weight is 566 g/mol. The second-order valence-corrected chi connectivity index (χ2v) is 10.5. The third-order valence-electron chi connectivity index (χ3n) is 8.43. The Kier molecular flexibility index (Phi) is 6.79. The van der Waals surface area contributed by atoms with Gasteiger partial charge in [-0.05, 0) is 53.4 Å². The molecule has 7 nitrogen and oxygen atoms in total. The number of nitrogens with zero attached hydrogens (tertiary/aromatic N) is 3. The van der Waals surface area contributed by atoms with Gasteiger partial charge in [0.05, 0.1) is 31.7 Å². The van der Waals surface area contributed by atoms with Crippen molar-refractivity contribution in [3.05, 3.63) is 88.5 Å². The quantitative estimate of drug-likeness (QED) is 0.450. The Hall–Kier alpha value is -4.21. The molecule has 0 aliphatic carbocycles. The number of rotatable bonds is 4. The maximum absolute atomic E-state index is 14.4. The Morgan fingerprint density at radius 2 is 1.56 bits per heavy atom. The van der Waals surface area contributed by atoms with Gasteiger partial charge >= 0.3 is 6.18 Å². The van der Waals surface area contributed by atoms with E-state index in [1.54, 1.807) is 28.0 Å². The lowest BCUT2D eigenvalue weighted by Crippen LogP contribution is -2.54. The number of amides is 2. The molecule has 3 aromatic rings. The molecular formula is C31H30F3N3O4. The third kappa shape index (κ3) is 4.65. The summed E-state index contributed by atoms with van der Waals surface area (Å²) in [4.78, 5) is 33.6. The fourth-order valence-electron chi connectivity index (χ4n) is 6.38. The minimum atomic E-state index is -4.43. The number of anilines is 1. The number of methoxy groups -OCH3 is 2. The van der Waals surface area contributed by atoms with E-state index in [1.807, 2.05) is 29.2 Å². The molecule has 10 heteroatoms. The van der Waals surface area contributed by atoms with Gasteiger partial charge in [0.25, 0.3) is 5.91 Å². The molecule has 3 aliphatic rings. The minimum absolute atomic E-state index is 0.124. The van der Waals surface area contributed by atoms with Crippen molar-refractivity contribution in [1.82, 2.24) is 9.80 Å². The van der Waals surface area contributed by atoms with Crippen LogP contribution in [0.25, 0.3) is 0 Å². The maximum atomic E-state index is 14.4. The number of piperazine rings is 1. The first-order valence-electron chi connectivity index (χ1n) is 13.6. The monoisotopic (exact) mass is 565 g/mol. The molecule has 0 radical (unpaired) electrons. The van der Waals surface area contributed by atoms with E-state index in [-0.39, 0.29) is 11.8 Å². The van der Waals surface area contributed by atoms with Crippen molar-refractivity contribution >= 4 is 17.5 Å². The highest BCUT2D eigenvalue weighted by Gasteiger charge is 2.48. The van der Waals surface area contributed by atoms with Crippen LogP contribution in [0.1, 0.15) is 44.6 Å². The van der Waals surface area contributed by atoms with Crippen LogP contribution in [-0.2, 0) is 17.4 Å².